The minimum Gasteiger partial charge on any atom is -0.486 e. The average Bonchev–Trinajstić information content (AvgIpc) is 3.42. The highest BCUT2D eigenvalue weighted by atomic mass is 32.1. The van der Waals surface area contributed by atoms with Crippen molar-refractivity contribution in [2.24, 2.45) is 0 Å². The molecule has 0 spiro atoms. The lowest BCUT2D eigenvalue weighted by Crippen LogP contribution is -2.15. The van der Waals surface area contributed by atoms with Gasteiger partial charge in [-0.25, -0.2) is 0 Å². The van der Waals surface area contributed by atoms with E-state index in [2.05, 4.69) is 20.5 Å². The summed E-state index contributed by atoms with van der Waals surface area (Å²) >= 11 is 1.42. The number of carbonyl (C=O) groups excluding carboxylic acids is 1. The summed E-state index contributed by atoms with van der Waals surface area (Å²) in [6, 6.07) is 13.4. The number of pyridine rings is 1. The molecular weight excluding hydrogens is 400 g/mol. The smallest absolute Gasteiger partial charge is 0.266 e. The molecule has 30 heavy (non-hydrogen) atoms. The van der Waals surface area contributed by atoms with Crippen molar-refractivity contribution in [2.45, 2.75) is 6.92 Å². The number of nitrogens with zero attached hydrogens (tertiary/aromatic N) is 2. The maximum Gasteiger partial charge on any atom is 0.266 e. The molecule has 0 saturated carbocycles. The quantitative estimate of drug-likeness (QED) is 0.508. The van der Waals surface area contributed by atoms with E-state index in [0.717, 1.165) is 38.8 Å². The molecule has 0 radical (unpaired) electrons. The maximum atomic E-state index is 12.8. The van der Waals surface area contributed by atoms with E-state index in [0.29, 0.717) is 23.9 Å². The van der Waals surface area contributed by atoms with E-state index in [9.17, 15) is 4.79 Å². The number of benzene rings is 1. The number of anilines is 1. The summed E-state index contributed by atoms with van der Waals surface area (Å²) in [6.07, 6.45) is 3.44. The van der Waals surface area contributed by atoms with Crippen LogP contribution in [-0.2, 0) is 0 Å². The van der Waals surface area contributed by atoms with E-state index in [1.807, 2.05) is 49.4 Å². The van der Waals surface area contributed by atoms with Gasteiger partial charge in [-0.2, -0.15) is 5.10 Å². The number of hydrogen-bond donors (Lipinski definition) is 2. The van der Waals surface area contributed by atoms with Gasteiger partial charge >= 0.3 is 0 Å². The standard InChI is InChI=1S/C22H18N4O3S/c1-13-20(14-6-8-23-9-7-14)25-26-21(13)24-22(27)19-5-4-18(30-19)15-2-3-16-17(12-15)29-11-10-28-16/h2-9,12H,10-11H2,1H3,(H2,24,25,26,27). The van der Waals surface area contributed by atoms with E-state index in [1.54, 1.807) is 12.4 Å². The minimum absolute atomic E-state index is 0.195. The second-order valence-electron chi connectivity index (χ2n) is 6.78. The number of aromatic amines is 1. The molecule has 150 valence electrons. The molecule has 0 saturated heterocycles. The van der Waals surface area contributed by atoms with Gasteiger partial charge in [0.05, 0.1) is 10.6 Å². The van der Waals surface area contributed by atoms with Crippen molar-refractivity contribution in [3.8, 4) is 33.2 Å². The Bertz CT molecular complexity index is 1220. The largest absolute Gasteiger partial charge is 0.486 e. The Kier molecular flexibility index (Phi) is 4.68. The molecule has 0 aliphatic carbocycles. The van der Waals surface area contributed by atoms with Crippen LogP contribution in [0.2, 0.25) is 0 Å². The maximum absolute atomic E-state index is 12.8. The number of carbonyl (C=O) groups is 1. The van der Waals surface area contributed by atoms with Gasteiger partial charge in [0.25, 0.3) is 5.91 Å². The summed E-state index contributed by atoms with van der Waals surface area (Å²) in [5.41, 5.74) is 3.68. The van der Waals surface area contributed by atoms with Gasteiger partial charge < -0.3 is 14.8 Å². The van der Waals surface area contributed by atoms with E-state index in [-0.39, 0.29) is 5.91 Å². The van der Waals surface area contributed by atoms with Gasteiger partial charge in [-0.15, -0.1) is 11.3 Å². The zero-order chi connectivity index (χ0) is 20.5. The molecule has 1 aromatic carbocycles. The van der Waals surface area contributed by atoms with Crippen LogP contribution in [0.4, 0.5) is 5.82 Å². The fourth-order valence-electron chi connectivity index (χ4n) is 3.30. The number of nitrogens with one attached hydrogen (secondary N) is 2. The fourth-order valence-corrected chi connectivity index (χ4v) is 4.20. The monoisotopic (exact) mass is 418 g/mol. The van der Waals surface area contributed by atoms with Gasteiger partial charge in [-0.3, -0.25) is 14.9 Å². The Labute approximate surface area is 176 Å². The number of hydrogen-bond acceptors (Lipinski definition) is 6. The molecule has 0 bridgehead atoms. The van der Waals surface area contributed by atoms with Crippen LogP contribution in [0.5, 0.6) is 11.5 Å². The van der Waals surface area contributed by atoms with Crippen molar-refractivity contribution in [3.05, 3.63) is 65.3 Å². The summed E-state index contributed by atoms with van der Waals surface area (Å²) in [7, 11) is 0. The van der Waals surface area contributed by atoms with Crippen molar-refractivity contribution in [3.63, 3.8) is 0 Å². The second kappa shape index (κ2) is 7.64. The van der Waals surface area contributed by atoms with Crippen LogP contribution in [0.15, 0.2) is 54.9 Å². The molecule has 0 fully saturated rings. The number of thiophene rings is 1. The Balaban J connectivity index is 1.35. The molecule has 0 atom stereocenters. The third-order valence-electron chi connectivity index (χ3n) is 4.87. The third-order valence-corrected chi connectivity index (χ3v) is 6.00. The number of aromatic nitrogens is 3. The Morgan fingerprint density at radius 1 is 1.03 bits per heavy atom. The molecule has 1 aliphatic rings. The van der Waals surface area contributed by atoms with Gasteiger partial charge in [-0.05, 0) is 55.0 Å². The molecule has 1 aliphatic heterocycles. The van der Waals surface area contributed by atoms with Crippen LogP contribution in [0.25, 0.3) is 21.7 Å². The van der Waals surface area contributed by atoms with Crippen LogP contribution >= 0.6 is 11.3 Å². The van der Waals surface area contributed by atoms with E-state index in [4.69, 9.17) is 9.47 Å². The van der Waals surface area contributed by atoms with E-state index >= 15 is 0 Å². The van der Waals surface area contributed by atoms with Gasteiger partial charge in [0.2, 0.25) is 0 Å². The predicted molar refractivity (Wildman–Crippen MR) is 115 cm³/mol. The normalized spacial score (nSPS) is 12.6. The van der Waals surface area contributed by atoms with E-state index < -0.39 is 0 Å². The van der Waals surface area contributed by atoms with Crippen molar-refractivity contribution in [1.82, 2.24) is 15.2 Å². The lowest BCUT2D eigenvalue weighted by atomic mass is 10.1. The summed E-state index contributed by atoms with van der Waals surface area (Å²) in [5, 5.41) is 10.2. The van der Waals surface area contributed by atoms with Crippen molar-refractivity contribution in [2.75, 3.05) is 18.5 Å². The van der Waals surface area contributed by atoms with Crippen LogP contribution in [0, 0.1) is 6.92 Å². The third kappa shape index (κ3) is 3.42. The molecule has 2 N–H and O–H groups in total. The van der Waals surface area contributed by atoms with Gasteiger partial charge in [0.15, 0.2) is 17.3 Å². The highest BCUT2D eigenvalue weighted by Crippen LogP contribution is 2.37. The second-order valence-corrected chi connectivity index (χ2v) is 7.87. The zero-order valence-electron chi connectivity index (χ0n) is 16.1. The Morgan fingerprint density at radius 3 is 2.67 bits per heavy atom. The molecule has 0 unspecified atom stereocenters. The summed E-state index contributed by atoms with van der Waals surface area (Å²) in [4.78, 5) is 18.4. The molecule has 8 heteroatoms. The Hall–Kier alpha value is -3.65. The van der Waals surface area contributed by atoms with Crippen LogP contribution in [0.1, 0.15) is 15.2 Å². The molecule has 4 heterocycles. The molecule has 4 aromatic rings. The van der Waals surface area contributed by atoms with E-state index in [1.165, 1.54) is 11.3 Å². The molecule has 3 aromatic heterocycles. The lowest BCUT2D eigenvalue weighted by Gasteiger charge is -2.18. The van der Waals surface area contributed by atoms with Crippen molar-refractivity contribution < 1.29 is 14.3 Å². The number of amides is 1. The van der Waals surface area contributed by atoms with Crippen LogP contribution < -0.4 is 14.8 Å². The first-order valence-corrected chi connectivity index (χ1v) is 10.3. The summed E-state index contributed by atoms with van der Waals surface area (Å²) < 4.78 is 11.2. The minimum atomic E-state index is -0.195. The van der Waals surface area contributed by atoms with Crippen LogP contribution in [-0.4, -0.2) is 34.3 Å². The number of ether oxygens (including phenoxy) is 2. The zero-order valence-corrected chi connectivity index (χ0v) is 17.0. The van der Waals surface area contributed by atoms with Gasteiger partial charge in [0, 0.05) is 28.4 Å². The molecule has 5 rings (SSSR count). The molecule has 1 amide bonds. The highest BCUT2D eigenvalue weighted by molar-refractivity contribution is 7.17. The van der Waals surface area contributed by atoms with Gasteiger partial charge in [-0.1, -0.05) is 0 Å². The fraction of sp³-hybridized carbons (Fsp3) is 0.136. The van der Waals surface area contributed by atoms with Gasteiger partial charge in [0.1, 0.15) is 13.2 Å². The molecule has 7 nitrogen and oxygen atoms in total. The van der Waals surface area contributed by atoms with Crippen LogP contribution in [0.3, 0.4) is 0 Å². The SMILES string of the molecule is Cc1c(NC(=O)c2ccc(-c3ccc4c(c3)OCCO4)s2)n[nH]c1-c1ccncc1. The van der Waals surface area contributed by atoms with Crippen molar-refractivity contribution >= 4 is 23.1 Å². The Morgan fingerprint density at radius 2 is 1.83 bits per heavy atom. The first-order chi connectivity index (χ1) is 14.7. The number of H-pyrrole nitrogens is 1. The van der Waals surface area contributed by atoms with Crippen molar-refractivity contribution in [1.29, 1.82) is 0 Å². The average molecular weight is 418 g/mol. The highest BCUT2D eigenvalue weighted by Gasteiger charge is 2.17. The first kappa shape index (κ1) is 18.4. The topological polar surface area (TPSA) is 89.1 Å². The predicted octanol–water partition coefficient (Wildman–Crippen LogP) is 4.53. The number of rotatable bonds is 4. The summed E-state index contributed by atoms with van der Waals surface area (Å²) in [6.45, 7) is 3.02. The number of fused-ring (bicyclic) bond motifs is 1. The molecular formula is C22H18N4O3S. The lowest BCUT2D eigenvalue weighted by molar-refractivity contribution is 0.103. The first-order valence-electron chi connectivity index (χ1n) is 9.45. The summed E-state index contributed by atoms with van der Waals surface area (Å²) in [5.74, 6) is 1.80.